The van der Waals surface area contributed by atoms with Crippen LogP contribution in [-0.2, 0) is 4.79 Å². The molecule has 0 aliphatic rings. The van der Waals surface area contributed by atoms with Gasteiger partial charge >= 0.3 is 0 Å². The molecule has 5 heteroatoms. The van der Waals surface area contributed by atoms with E-state index in [1.807, 2.05) is 37.3 Å². The molecule has 1 amide bonds. The molecule has 2 N–H and O–H groups in total. The van der Waals surface area contributed by atoms with E-state index >= 15 is 0 Å². The minimum Gasteiger partial charge on any atom is -0.360 e. The molecule has 0 saturated heterocycles. The van der Waals surface area contributed by atoms with Crippen molar-refractivity contribution in [3.8, 4) is 6.07 Å². The van der Waals surface area contributed by atoms with Gasteiger partial charge in [0, 0.05) is 23.1 Å². The van der Waals surface area contributed by atoms with Crippen molar-refractivity contribution in [2.45, 2.75) is 13.8 Å². The van der Waals surface area contributed by atoms with Crippen molar-refractivity contribution < 1.29 is 9.59 Å². The highest BCUT2D eigenvalue weighted by Gasteiger charge is 2.10. The zero-order valence-corrected chi connectivity index (χ0v) is 13.5. The largest absolute Gasteiger partial charge is 0.360 e. The van der Waals surface area contributed by atoms with Crippen LogP contribution in [0.5, 0.6) is 0 Å². The highest BCUT2D eigenvalue weighted by atomic mass is 16.1. The number of ketones is 1. The Labute approximate surface area is 140 Å². The van der Waals surface area contributed by atoms with Crippen molar-refractivity contribution in [3.63, 3.8) is 0 Å². The molecule has 0 aliphatic heterocycles. The van der Waals surface area contributed by atoms with Gasteiger partial charge in [0.05, 0.1) is 0 Å². The van der Waals surface area contributed by atoms with E-state index in [-0.39, 0.29) is 11.4 Å². The van der Waals surface area contributed by atoms with E-state index in [0.29, 0.717) is 11.3 Å². The molecule has 2 aromatic carbocycles. The number of carbonyl (C=O) groups excluding carboxylic acids is 2. The summed E-state index contributed by atoms with van der Waals surface area (Å²) in [6.45, 7) is 3.38. The highest BCUT2D eigenvalue weighted by Crippen LogP contribution is 2.15. The van der Waals surface area contributed by atoms with Gasteiger partial charge in [0.15, 0.2) is 5.78 Å². The first-order valence-corrected chi connectivity index (χ1v) is 7.36. The molecular weight excluding hydrogens is 302 g/mol. The zero-order valence-electron chi connectivity index (χ0n) is 13.5. The first-order chi connectivity index (χ1) is 11.5. The van der Waals surface area contributed by atoms with Gasteiger partial charge in [-0.1, -0.05) is 30.3 Å². The SMILES string of the molecule is CC(=O)c1cccc(NC(=O)/C(C#N)=C\Nc2ccccc2C)c1. The molecule has 0 spiro atoms. The average molecular weight is 319 g/mol. The van der Waals surface area contributed by atoms with Crippen LogP contribution in [0.15, 0.2) is 60.3 Å². The van der Waals surface area contributed by atoms with E-state index in [0.717, 1.165) is 11.3 Å². The molecule has 0 fully saturated rings. The molecule has 5 nitrogen and oxygen atoms in total. The number of aryl methyl sites for hydroxylation is 1. The number of benzene rings is 2. The van der Waals surface area contributed by atoms with Crippen LogP contribution in [0.25, 0.3) is 0 Å². The molecule has 0 aromatic heterocycles. The lowest BCUT2D eigenvalue weighted by Crippen LogP contribution is -2.15. The summed E-state index contributed by atoms with van der Waals surface area (Å²) in [6, 6.07) is 16.0. The first kappa shape index (κ1) is 17.0. The van der Waals surface area contributed by atoms with E-state index < -0.39 is 5.91 Å². The van der Waals surface area contributed by atoms with Crippen LogP contribution in [0, 0.1) is 18.3 Å². The van der Waals surface area contributed by atoms with Crippen molar-refractivity contribution in [3.05, 3.63) is 71.4 Å². The number of nitrogens with zero attached hydrogens (tertiary/aromatic N) is 1. The molecule has 0 atom stereocenters. The number of carbonyl (C=O) groups is 2. The van der Waals surface area contributed by atoms with Crippen LogP contribution in [0.2, 0.25) is 0 Å². The molecule has 2 rings (SSSR count). The predicted molar refractivity (Wildman–Crippen MR) is 93.6 cm³/mol. The predicted octanol–water partition coefficient (Wildman–Crippen LogP) is 3.66. The standard InChI is InChI=1S/C19H17N3O2/c1-13-6-3-4-9-18(13)21-12-16(11-20)19(24)22-17-8-5-7-15(10-17)14(2)23/h3-10,12,21H,1-2H3,(H,22,24)/b16-12-. The molecule has 0 heterocycles. The number of Topliss-reactive ketones (excluding diaryl/α,β-unsaturated/α-hetero) is 1. The third kappa shape index (κ3) is 4.31. The minimum atomic E-state index is -0.542. The van der Waals surface area contributed by atoms with Gasteiger partial charge in [-0.05, 0) is 37.6 Å². The summed E-state index contributed by atoms with van der Waals surface area (Å²) < 4.78 is 0. The number of rotatable bonds is 5. The first-order valence-electron chi connectivity index (χ1n) is 7.36. The monoisotopic (exact) mass is 319 g/mol. The number of nitrogens with one attached hydrogen (secondary N) is 2. The summed E-state index contributed by atoms with van der Waals surface area (Å²) in [5, 5.41) is 14.8. The van der Waals surface area contributed by atoms with E-state index in [1.54, 1.807) is 24.3 Å². The fraction of sp³-hybridized carbons (Fsp3) is 0.105. The Morgan fingerprint density at radius 1 is 1.12 bits per heavy atom. The van der Waals surface area contributed by atoms with Crippen LogP contribution in [0.1, 0.15) is 22.8 Å². The molecule has 0 saturated carbocycles. The molecular formula is C19H17N3O2. The lowest BCUT2D eigenvalue weighted by atomic mass is 10.1. The fourth-order valence-electron chi connectivity index (χ4n) is 2.05. The summed E-state index contributed by atoms with van der Waals surface area (Å²) in [7, 11) is 0. The second-order valence-corrected chi connectivity index (χ2v) is 5.22. The minimum absolute atomic E-state index is 0.0634. The van der Waals surface area contributed by atoms with Gasteiger partial charge < -0.3 is 10.6 Å². The van der Waals surface area contributed by atoms with Gasteiger partial charge in [-0.2, -0.15) is 5.26 Å². The summed E-state index contributed by atoms with van der Waals surface area (Å²) in [5.74, 6) is -0.636. The number of hydrogen-bond acceptors (Lipinski definition) is 4. The van der Waals surface area contributed by atoms with Crippen molar-refractivity contribution in [2.75, 3.05) is 10.6 Å². The smallest absolute Gasteiger partial charge is 0.267 e. The van der Waals surface area contributed by atoms with Crippen molar-refractivity contribution in [1.29, 1.82) is 5.26 Å². The van der Waals surface area contributed by atoms with Gasteiger partial charge in [0.25, 0.3) is 5.91 Å². The molecule has 120 valence electrons. The van der Waals surface area contributed by atoms with E-state index in [2.05, 4.69) is 10.6 Å². The van der Waals surface area contributed by atoms with E-state index in [4.69, 9.17) is 0 Å². The van der Waals surface area contributed by atoms with Gasteiger partial charge in [-0.3, -0.25) is 9.59 Å². The Morgan fingerprint density at radius 3 is 2.54 bits per heavy atom. The van der Waals surface area contributed by atoms with Crippen LogP contribution in [0.3, 0.4) is 0 Å². The number of nitriles is 1. The van der Waals surface area contributed by atoms with E-state index in [1.165, 1.54) is 13.1 Å². The Kier molecular flexibility index (Phi) is 5.48. The summed E-state index contributed by atoms with van der Waals surface area (Å²) in [4.78, 5) is 23.6. The molecule has 0 bridgehead atoms. The third-order valence-corrected chi connectivity index (χ3v) is 3.41. The highest BCUT2D eigenvalue weighted by molar-refractivity contribution is 6.07. The lowest BCUT2D eigenvalue weighted by Gasteiger charge is -2.07. The van der Waals surface area contributed by atoms with Crippen molar-refractivity contribution in [2.24, 2.45) is 0 Å². The Hall–Kier alpha value is -3.39. The number of amides is 1. The molecule has 2 aromatic rings. The van der Waals surface area contributed by atoms with Gasteiger partial charge in [0.1, 0.15) is 11.6 Å². The Bertz CT molecular complexity index is 848. The maximum Gasteiger partial charge on any atom is 0.267 e. The van der Waals surface area contributed by atoms with Crippen molar-refractivity contribution in [1.82, 2.24) is 0 Å². The van der Waals surface area contributed by atoms with Gasteiger partial charge in [-0.15, -0.1) is 0 Å². The number of hydrogen-bond donors (Lipinski definition) is 2. The van der Waals surface area contributed by atoms with Gasteiger partial charge in [-0.25, -0.2) is 0 Å². The van der Waals surface area contributed by atoms with Crippen LogP contribution in [0.4, 0.5) is 11.4 Å². The van der Waals surface area contributed by atoms with Crippen LogP contribution < -0.4 is 10.6 Å². The number of para-hydroxylation sites is 1. The Balaban J connectivity index is 2.13. The Morgan fingerprint density at radius 2 is 1.88 bits per heavy atom. The third-order valence-electron chi connectivity index (χ3n) is 3.41. The molecule has 0 unspecified atom stereocenters. The maximum atomic E-state index is 12.2. The topological polar surface area (TPSA) is 82.0 Å². The number of anilines is 2. The molecule has 0 radical (unpaired) electrons. The van der Waals surface area contributed by atoms with Gasteiger partial charge in [0.2, 0.25) is 0 Å². The zero-order chi connectivity index (χ0) is 17.5. The second-order valence-electron chi connectivity index (χ2n) is 5.22. The summed E-state index contributed by atoms with van der Waals surface area (Å²) >= 11 is 0. The average Bonchev–Trinajstić information content (AvgIpc) is 2.57. The second kappa shape index (κ2) is 7.75. The lowest BCUT2D eigenvalue weighted by molar-refractivity contribution is -0.112. The van der Waals surface area contributed by atoms with E-state index in [9.17, 15) is 14.9 Å². The summed E-state index contributed by atoms with van der Waals surface area (Å²) in [6.07, 6.45) is 1.37. The van der Waals surface area contributed by atoms with Crippen molar-refractivity contribution >= 4 is 23.1 Å². The summed E-state index contributed by atoms with van der Waals surface area (Å²) in [5.41, 5.74) is 2.71. The van der Waals surface area contributed by atoms with Crippen LogP contribution >= 0.6 is 0 Å². The molecule has 0 aliphatic carbocycles. The fourth-order valence-corrected chi connectivity index (χ4v) is 2.05. The molecule has 24 heavy (non-hydrogen) atoms. The van der Waals surface area contributed by atoms with Crippen LogP contribution in [-0.4, -0.2) is 11.7 Å². The normalized spacial score (nSPS) is 10.6. The maximum absolute atomic E-state index is 12.2. The quantitative estimate of drug-likeness (QED) is 0.500.